The van der Waals surface area contributed by atoms with Gasteiger partial charge in [-0.1, -0.05) is 13.8 Å². The Morgan fingerprint density at radius 2 is 1.70 bits per heavy atom. The molecule has 0 saturated heterocycles. The number of esters is 1. The predicted molar refractivity (Wildman–Crippen MR) is 68.0 cm³/mol. The Bertz CT molecular complexity index is 305. The lowest BCUT2D eigenvalue weighted by molar-refractivity contribution is -0.284. The summed E-state index contributed by atoms with van der Waals surface area (Å²) in [7, 11) is 1.25. The van der Waals surface area contributed by atoms with Crippen LogP contribution >= 0.6 is 11.8 Å². The molecule has 120 valence electrons. The van der Waals surface area contributed by atoms with E-state index in [9.17, 15) is 26.7 Å². The lowest BCUT2D eigenvalue weighted by Crippen LogP contribution is -2.36. The molecule has 0 aliphatic rings. The van der Waals surface area contributed by atoms with E-state index in [1.165, 1.54) is 18.9 Å². The van der Waals surface area contributed by atoms with Crippen molar-refractivity contribution in [2.75, 3.05) is 12.9 Å². The Balaban J connectivity index is 4.05. The van der Waals surface area contributed by atoms with Crippen molar-refractivity contribution in [3.8, 4) is 0 Å². The van der Waals surface area contributed by atoms with Crippen molar-refractivity contribution in [1.29, 1.82) is 0 Å². The maximum absolute atomic E-state index is 12.6. The summed E-state index contributed by atoms with van der Waals surface area (Å²) in [5, 5.41) is -0.428. The first-order valence-corrected chi connectivity index (χ1v) is 7.21. The molecule has 2 nitrogen and oxygen atoms in total. The number of unbranched alkanes of at least 4 members (excludes halogenated alkanes) is 1. The van der Waals surface area contributed by atoms with Gasteiger partial charge in [-0.25, -0.2) is 0 Å². The summed E-state index contributed by atoms with van der Waals surface area (Å²) in [4.78, 5) is 11.4. The molecule has 0 aromatic carbocycles. The van der Waals surface area contributed by atoms with Crippen molar-refractivity contribution in [2.45, 2.75) is 50.5 Å². The van der Waals surface area contributed by atoms with E-state index in [4.69, 9.17) is 0 Å². The average Bonchev–Trinajstić information content (AvgIpc) is 2.30. The minimum Gasteiger partial charge on any atom is -0.468 e. The number of carbonyl (C=O) groups excluding carboxylic acids is 1. The highest BCUT2D eigenvalue weighted by molar-refractivity contribution is 8.00. The van der Waals surface area contributed by atoms with Gasteiger partial charge in [0.1, 0.15) is 5.25 Å². The zero-order valence-corrected chi connectivity index (χ0v) is 12.4. The summed E-state index contributed by atoms with van der Waals surface area (Å²) in [5.41, 5.74) is 0. The fraction of sp³-hybridized carbons (Fsp3) is 0.917. The van der Waals surface area contributed by atoms with Gasteiger partial charge in [0.05, 0.1) is 7.11 Å². The second-order valence-corrected chi connectivity index (χ2v) is 5.97. The van der Waals surface area contributed by atoms with Gasteiger partial charge in [-0.15, -0.1) is 11.8 Å². The molecule has 0 rings (SSSR count). The molecule has 0 fully saturated rings. The Labute approximate surface area is 119 Å². The highest BCUT2D eigenvalue weighted by Crippen LogP contribution is 2.39. The molecule has 8 heteroatoms. The monoisotopic (exact) mass is 322 g/mol. The topological polar surface area (TPSA) is 26.3 Å². The van der Waals surface area contributed by atoms with Gasteiger partial charge in [0.25, 0.3) is 0 Å². The summed E-state index contributed by atoms with van der Waals surface area (Å²) in [6.07, 6.45) is -6.77. The first kappa shape index (κ1) is 19.5. The predicted octanol–water partition coefficient (Wildman–Crippen LogP) is 4.29. The van der Waals surface area contributed by atoms with Crippen LogP contribution < -0.4 is 0 Å². The van der Waals surface area contributed by atoms with E-state index in [1.807, 2.05) is 13.8 Å². The van der Waals surface area contributed by atoms with E-state index in [2.05, 4.69) is 4.74 Å². The van der Waals surface area contributed by atoms with E-state index in [0.29, 0.717) is 5.75 Å². The third-order valence-corrected chi connectivity index (χ3v) is 4.26. The number of hydrogen-bond donors (Lipinski definition) is 0. The lowest BCUT2D eigenvalue weighted by atomic mass is 10.1. The zero-order chi connectivity index (χ0) is 16.0. The van der Waals surface area contributed by atoms with Crippen molar-refractivity contribution in [2.24, 2.45) is 5.92 Å². The van der Waals surface area contributed by atoms with Gasteiger partial charge in [-0.3, -0.25) is 4.79 Å². The minimum atomic E-state index is -5.49. The molecule has 0 aliphatic heterocycles. The summed E-state index contributed by atoms with van der Waals surface area (Å²) >= 11 is 1.22. The van der Waals surface area contributed by atoms with Gasteiger partial charge >= 0.3 is 18.1 Å². The Morgan fingerprint density at radius 1 is 1.15 bits per heavy atom. The second kappa shape index (κ2) is 8.05. The first-order valence-electron chi connectivity index (χ1n) is 6.17. The van der Waals surface area contributed by atoms with Gasteiger partial charge in [-0.2, -0.15) is 22.0 Å². The molecule has 0 amide bonds. The van der Waals surface area contributed by atoms with Crippen molar-refractivity contribution in [3.05, 3.63) is 0 Å². The molecule has 0 N–H and O–H groups in total. The van der Waals surface area contributed by atoms with Crippen molar-refractivity contribution >= 4 is 17.7 Å². The summed E-state index contributed by atoms with van der Waals surface area (Å²) in [6.45, 7) is 3.62. The highest BCUT2D eigenvalue weighted by Gasteiger charge is 2.56. The number of carbonyl (C=O) groups is 1. The van der Waals surface area contributed by atoms with E-state index in [-0.39, 0.29) is 18.8 Å². The zero-order valence-electron chi connectivity index (χ0n) is 11.6. The fourth-order valence-corrected chi connectivity index (χ4v) is 2.69. The third-order valence-electron chi connectivity index (χ3n) is 2.64. The molecule has 1 unspecified atom stereocenters. The molecule has 0 aromatic heterocycles. The minimum absolute atomic E-state index is 0.00376. The molecular weight excluding hydrogens is 303 g/mol. The lowest BCUT2D eigenvalue weighted by Gasteiger charge is -2.20. The SMILES string of the molecule is COC(=O)C(SCCCCC(F)(F)C(F)(F)F)C(C)C. The van der Waals surface area contributed by atoms with Gasteiger partial charge in [0.2, 0.25) is 0 Å². The molecule has 0 bridgehead atoms. The molecular formula is C12H19F5O2S. The molecule has 0 radical (unpaired) electrons. The third kappa shape index (κ3) is 6.28. The molecule has 0 aliphatic carbocycles. The van der Waals surface area contributed by atoms with E-state index in [0.717, 1.165) is 0 Å². The number of rotatable bonds is 8. The van der Waals surface area contributed by atoms with Crippen LogP contribution in [0.5, 0.6) is 0 Å². The molecule has 0 spiro atoms. The maximum Gasteiger partial charge on any atom is 0.453 e. The molecule has 20 heavy (non-hydrogen) atoms. The molecule has 0 heterocycles. The standard InChI is InChI=1S/C12H19F5O2S/c1-8(2)9(10(18)19-3)20-7-5-4-6-11(13,14)12(15,16)17/h8-9H,4-7H2,1-3H3. The van der Waals surface area contributed by atoms with Crippen LogP contribution in [0.2, 0.25) is 0 Å². The van der Waals surface area contributed by atoms with Gasteiger partial charge in [0.15, 0.2) is 0 Å². The largest absolute Gasteiger partial charge is 0.468 e. The number of methoxy groups -OCH3 is 1. The van der Waals surface area contributed by atoms with Gasteiger partial charge in [-0.05, 0) is 24.5 Å². The van der Waals surface area contributed by atoms with Crippen molar-refractivity contribution in [3.63, 3.8) is 0 Å². The van der Waals surface area contributed by atoms with E-state index in [1.54, 1.807) is 0 Å². The molecule has 0 saturated carbocycles. The average molecular weight is 322 g/mol. The Morgan fingerprint density at radius 3 is 2.10 bits per heavy atom. The second-order valence-electron chi connectivity index (χ2n) is 4.72. The highest BCUT2D eigenvalue weighted by atomic mass is 32.2. The summed E-state index contributed by atoms with van der Waals surface area (Å²) in [5.74, 6) is -4.71. The number of ether oxygens (including phenoxy) is 1. The Kier molecular flexibility index (Phi) is 7.83. The summed E-state index contributed by atoms with van der Waals surface area (Å²) < 4.78 is 65.6. The van der Waals surface area contributed by atoms with Crippen LogP contribution in [0.25, 0.3) is 0 Å². The van der Waals surface area contributed by atoms with E-state index < -0.39 is 29.7 Å². The van der Waals surface area contributed by atoms with Gasteiger partial charge in [0, 0.05) is 6.42 Å². The fourth-order valence-electron chi connectivity index (χ4n) is 1.45. The van der Waals surface area contributed by atoms with Crippen LogP contribution in [0.1, 0.15) is 33.1 Å². The number of halogens is 5. The number of thioether (sulfide) groups is 1. The number of alkyl halides is 5. The Hall–Kier alpha value is -0.530. The van der Waals surface area contributed by atoms with Crippen molar-refractivity contribution in [1.82, 2.24) is 0 Å². The molecule has 1 atom stereocenters. The summed E-state index contributed by atoms with van der Waals surface area (Å²) in [6, 6.07) is 0. The molecule has 0 aromatic rings. The van der Waals surface area contributed by atoms with Gasteiger partial charge < -0.3 is 4.74 Å². The number of hydrogen-bond acceptors (Lipinski definition) is 3. The van der Waals surface area contributed by atoms with E-state index >= 15 is 0 Å². The van der Waals surface area contributed by atoms with Crippen LogP contribution in [-0.2, 0) is 9.53 Å². The van der Waals surface area contributed by atoms with Crippen LogP contribution in [0.3, 0.4) is 0 Å². The maximum atomic E-state index is 12.6. The smallest absolute Gasteiger partial charge is 0.453 e. The van der Waals surface area contributed by atoms with Crippen LogP contribution in [0.4, 0.5) is 22.0 Å². The quantitative estimate of drug-likeness (QED) is 0.379. The van der Waals surface area contributed by atoms with Crippen molar-refractivity contribution < 1.29 is 31.5 Å². The van der Waals surface area contributed by atoms with Crippen LogP contribution in [-0.4, -0.2) is 36.2 Å². The van der Waals surface area contributed by atoms with Crippen LogP contribution in [0.15, 0.2) is 0 Å². The normalized spacial score (nSPS) is 14.4. The first-order chi connectivity index (χ1) is 9.03. The van der Waals surface area contributed by atoms with Crippen LogP contribution in [0, 0.1) is 5.92 Å².